The highest BCUT2D eigenvalue weighted by atomic mass is 32.3. The summed E-state index contributed by atoms with van der Waals surface area (Å²) in [6, 6.07) is 20.0. The van der Waals surface area contributed by atoms with E-state index in [-0.39, 0.29) is 25.4 Å². The van der Waals surface area contributed by atoms with Crippen LogP contribution in [0.3, 0.4) is 0 Å². The minimum atomic E-state index is -5.92. The number of anilines is 1. The number of halogens is 3. The van der Waals surface area contributed by atoms with Crippen LogP contribution in [0.1, 0.15) is 92.4 Å². The van der Waals surface area contributed by atoms with Crippen LogP contribution in [0.5, 0.6) is 0 Å². The number of esters is 2. The van der Waals surface area contributed by atoms with Crippen LogP contribution in [0.2, 0.25) is 0 Å². The van der Waals surface area contributed by atoms with Gasteiger partial charge >= 0.3 is 23.4 Å². The SMILES string of the molecule is CCC(C)(C)C(=O)O.CCN(CC)c1ccc2c(-c3ccccc3C(=O)OCCOC(=O)C(C)(C)CC)c3ccc(=[N+](CC)CC)cc-3oc2c1.CS(=O)(=O)[N-]S(=O)(=O)C(F)(F)F. The summed E-state index contributed by atoms with van der Waals surface area (Å²) in [5.74, 6) is -0.745. The Labute approximate surface area is 368 Å². The van der Waals surface area contributed by atoms with Gasteiger partial charge in [-0.15, -0.1) is 0 Å². The van der Waals surface area contributed by atoms with Gasteiger partial charge in [-0.1, -0.05) is 32.0 Å². The van der Waals surface area contributed by atoms with Crippen LogP contribution in [-0.2, 0) is 39.1 Å². The molecule has 1 aliphatic heterocycles. The number of sulfonamides is 2. The molecule has 0 atom stereocenters. The number of carboxylic acids is 1. The van der Waals surface area contributed by atoms with Crippen molar-refractivity contribution < 1.29 is 63.4 Å². The van der Waals surface area contributed by atoms with Crippen LogP contribution < -0.4 is 14.8 Å². The molecule has 0 bridgehead atoms. The lowest BCUT2D eigenvalue weighted by Gasteiger charge is -2.22. The third-order valence-corrected chi connectivity index (χ3v) is 12.8. The van der Waals surface area contributed by atoms with Crippen LogP contribution in [-0.4, -0.2) is 91.0 Å². The van der Waals surface area contributed by atoms with Gasteiger partial charge in [0.25, 0.3) is 0 Å². The quantitative estimate of drug-likeness (QED) is 0.0488. The Hall–Kier alpha value is -5.01. The molecule has 0 fully saturated rings. The normalized spacial score (nSPS) is 12.1. The third kappa shape index (κ3) is 14.8. The number of nitrogens with zero attached hydrogens (tertiary/aromatic N) is 3. The number of alkyl halides is 3. The van der Waals surface area contributed by atoms with Gasteiger partial charge in [0, 0.05) is 53.7 Å². The lowest BCUT2D eigenvalue weighted by molar-refractivity contribution is -0.155. The van der Waals surface area contributed by atoms with E-state index in [9.17, 15) is 44.4 Å². The van der Waals surface area contributed by atoms with Crippen molar-refractivity contribution in [3.05, 3.63) is 75.7 Å². The maximum atomic E-state index is 13.5. The first-order valence-electron chi connectivity index (χ1n) is 20.4. The molecular weight excluding hydrogens is 868 g/mol. The van der Waals surface area contributed by atoms with Gasteiger partial charge in [0.15, 0.2) is 10.0 Å². The van der Waals surface area contributed by atoms with Crippen LogP contribution in [0.15, 0.2) is 65.1 Å². The van der Waals surface area contributed by atoms with Gasteiger partial charge in [0.05, 0.1) is 32.5 Å². The number of ether oxygens (including phenoxy) is 2. The van der Waals surface area contributed by atoms with Crippen molar-refractivity contribution in [3.8, 4) is 22.5 Å². The average Bonchev–Trinajstić information content (AvgIpc) is 3.21. The van der Waals surface area contributed by atoms with Crippen molar-refractivity contribution in [2.45, 2.75) is 87.6 Å². The van der Waals surface area contributed by atoms with Crippen molar-refractivity contribution >= 4 is 54.6 Å². The molecule has 0 aromatic heterocycles. The lowest BCUT2D eigenvalue weighted by Crippen LogP contribution is -2.29. The fourth-order valence-corrected chi connectivity index (χ4v) is 7.43. The molecular formula is C44H60F3N3O11S2. The number of carbonyl (C=O) groups is 3. The van der Waals surface area contributed by atoms with E-state index >= 15 is 0 Å². The average molecular weight is 928 g/mol. The summed E-state index contributed by atoms with van der Waals surface area (Å²) in [5, 5.41) is 10.4. The minimum Gasteiger partial charge on any atom is -0.481 e. The summed E-state index contributed by atoms with van der Waals surface area (Å²) in [4.78, 5) is 38.3. The third-order valence-electron chi connectivity index (χ3n) is 10.3. The molecule has 1 aliphatic carbocycles. The summed E-state index contributed by atoms with van der Waals surface area (Å²) in [6.45, 7) is 23.0. The summed E-state index contributed by atoms with van der Waals surface area (Å²) in [7, 11) is -10.5. The number of hydrogen-bond donors (Lipinski definition) is 1. The van der Waals surface area contributed by atoms with E-state index < -0.39 is 48.3 Å². The van der Waals surface area contributed by atoms with Crippen molar-refractivity contribution in [3.63, 3.8) is 0 Å². The molecule has 1 N–H and O–H groups in total. The summed E-state index contributed by atoms with van der Waals surface area (Å²) >= 11 is 0. The monoisotopic (exact) mass is 927 g/mol. The topological polar surface area (TPSA) is 192 Å². The number of benzene rings is 3. The maximum absolute atomic E-state index is 13.5. The Kier molecular flexibility index (Phi) is 19.4. The fraction of sp³-hybridized carbons (Fsp3) is 0.500. The van der Waals surface area contributed by atoms with E-state index in [0.717, 1.165) is 70.6 Å². The molecule has 2 aromatic carbocycles. The molecule has 350 valence electrons. The molecule has 63 heavy (non-hydrogen) atoms. The van der Waals surface area contributed by atoms with Gasteiger partial charge < -0.3 is 28.0 Å². The van der Waals surface area contributed by atoms with Crippen molar-refractivity contribution in [1.82, 2.24) is 4.58 Å². The summed E-state index contributed by atoms with van der Waals surface area (Å²) in [6.07, 6.45) is 1.59. The molecule has 0 amide bonds. The predicted octanol–water partition coefficient (Wildman–Crippen LogP) is 8.68. The van der Waals surface area contributed by atoms with Gasteiger partial charge in [0.1, 0.15) is 37.6 Å². The zero-order valence-electron chi connectivity index (χ0n) is 37.8. The van der Waals surface area contributed by atoms with Crippen LogP contribution in [0.4, 0.5) is 18.9 Å². The van der Waals surface area contributed by atoms with Crippen LogP contribution >= 0.6 is 0 Å². The Bertz CT molecular complexity index is 2470. The Morgan fingerprint density at radius 3 is 1.83 bits per heavy atom. The number of fused-ring (bicyclic) bond motifs is 2. The molecule has 0 saturated carbocycles. The Morgan fingerprint density at radius 1 is 0.778 bits per heavy atom. The van der Waals surface area contributed by atoms with Gasteiger partial charge in [-0.2, -0.15) is 13.2 Å². The van der Waals surface area contributed by atoms with Crippen molar-refractivity contribution in [2.75, 3.05) is 50.5 Å². The molecule has 0 spiro atoms. The number of aliphatic carboxylic acids is 1. The molecule has 14 nitrogen and oxygen atoms in total. The molecule has 4 rings (SSSR count). The maximum Gasteiger partial charge on any atom is 0.480 e. The lowest BCUT2D eigenvalue weighted by atomic mass is 9.90. The number of carboxylic acid groups (broad SMARTS) is 1. The number of rotatable bonds is 16. The Balaban J connectivity index is 0.000000564. The second-order valence-corrected chi connectivity index (χ2v) is 19.0. The summed E-state index contributed by atoms with van der Waals surface area (Å²) in [5.41, 5.74) is -1.93. The predicted molar refractivity (Wildman–Crippen MR) is 238 cm³/mol. The zero-order valence-corrected chi connectivity index (χ0v) is 39.4. The molecule has 2 aromatic rings. The standard InChI is InChI=1S/C36H45N2O5.C6H12O2.C2H3F3NO4S2/c1-8-36(6,7)35(40)42-22-21-41-34(39)28-16-14-13-15-27(28)33-29-19-17-25(37(9-2)10-3)23-31(29)43-32-24-26(18-20-30(32)33)38(11-4)12-5;1-4-6(2,3)5(7)8;1-11(7,8)6-12(9,10)2(3,4)5/h13-20,23-24H,8-12,21-22H2,1-7H3;4H2,1-3H3,(H,7,8);1H3/q+1;;-1. The minimum absolute atomic E-state index is 0.00845. The van der Waals surface area contributed by atoms with Gasteiger partial charge in [0.2, 0.25) is 5.36 Å². The first kappa shape index (κ1) is 54.1. The van der Waals surface area contributed by atoms with Crippen LogP contribution in [0.25, 0.3) is 37.5 Å². The van der Waals surface area contributed by atoms with Gasteiger partial charge in [-0.3, -0.25) is 9.59 Å². The molecule has 1 heterocycles. The molecule has 0 radical (unpaired) electrons. The summed E-state index contributed by atoms with van der Waals surface area (Å²) < 4.78 is 95.8. The van der Waals surface area contributed by atoms with E-state index in [1.165, 1.54) is 0 Å². The smallest absolute Gasteiger partial charge is 0.480 e. The van der Waals surface area contributed by atoms with E-state index in [0.29, 0.717) is 18.4 Å². The largest absolute Gasteiger partial charge is 0.481 e. The Morgan fingerprint density at radius 2 is 1.35 bits per heavy atom. The zero-order chi connectivity index (χ0) is 48.1. The molecule has 0 unspecified atom stereocenters. The van der Waals surface area contributed by atoms with Gasteiger partial charge in [-0.25, -0.2) is 26.2 Å². The first-order valence-corrected chi connectivity index (χ1v) is 23.7. The highest BCUT2D eigenvalue weighted by molar-refractivity contribution is 8.12. The van der Waals surface area contributed by atoms with E-state index in [1.807, 2.05) is 45.9 Å². The number of carbonyl (C=O) groups excluding carboxylic acids is 2. The van der Waals surface area contributed by atoms with Crippen molar-refractivity contribution in [1.29, 1.82) is 0 Å². The highest BCUT2D eigenvalue weighted by Crippen LogP contribution is 2.42. The fourth-order valence-electron chi connectivity index (χ4n) is 5.67. The van der Waals surface area contributed by atoms with Crippen LogP contribution in [0, 0.1) is 10.8 Å². The van der Waals surface area contributed by atoms with Gasteiger partial charge in [-0.05, 0) is 98.1 Å². The van der Waals surface area contributed by atoms with Crippen molar-refractivity contribution in [2.24, 2.45) is 10.8 Å². The molecule has 2 aliphatic rings. The first-order chi connectivity index (χ1) is 29.1. The molecule has 19 heteroatoms. The second kappa shape index (κ2) is 22.6. The van der Waals surface area contributed by atoms with E-state index in [4.69, 9.17) is 19.0 Å². The van der Waals surface area contributed by atoms with E-state index in [1.54, 1.807) is 24.0 Å². The number of hydrogen-bond acceptors (Lipinski definition) is 11. The van der Waals surface area contributed by atoms with E-state index in [2.05, 4.69) is 73.6 Å². The highest BCUT2D eigenvalue weighted by Gasteiger charge is 2.40. The molecule has 0 saturated heterocycles. The second-order valence-electron chi connectivity index (χ2n) is 15.5.